The van der Waals surface area contributed by atoms with Crippen molar-refractivity contribution < 1.29 is 9.53 Å². The van der Waals surface area contributed by atoms with Gasteiger partial charge in [0.15, 0.2) is 0 Å². The Kier molecular flexibility index (Phi) is 3.74. The molecule has 0 fully saturated rings. The van der Waals surface area contributed by atoms with Crippen LogP contribution in [-0.2, 0) is 4.79 Å². The van der Waals surface area contributed by atoms with Gasteiger partial charge < -0.3 is 4.74 Å². The van der Waals surface area contributed by atoms with Gasteiger partial charge in [0.05, 0.1) is 13.0 Å². The average Bonchev–Trinajstić information content (AvgIpc) is 2.38. The van der Waals surface area contributed by atoms with Crippen molar-refractivity contribution in [1.82, 2.24) is 9.99 Å². The zero-order valence-corrected chi connectivity index (χ0v) is 10.2. The highest BCUT2D eigenvalue weighted by atomic mass is 16.5. The van der Waals surface area contributed by atoms with Gasteiger partial charge in [0.25, 0.3) is 0 Å². The molecule has 0 saturated heterocycles. The minimum Gasteiger partial charge on any atom is -0.491 e. The topological polar surface area (TPSA) is 68.5 Å². The number of pyridine rings is 1. The monoisotopic (exact) mass is 245 g/mol. The number of nitrogens with zero attached hydrogens (tertiary/aromatic N) is 2. The van der Waals surface area contributed by atoms with Gasteiger partial charge in [-0.15, -0.1) is 0 Å². The third-order valence-corrected chi connectivity index (χ3v) is 2.56. The predicted molar refractivity (Wildman–Crippen MR) is 68.8 cm³/mol. The van der Waals surface area contributed by atoms with Crippen LogP contribution in [0.25, 0.3) is 10.9 Å². The summed E-state index contributed by atoms with van der Waals surface area (Å²) < 4.78 is 5.57. The SMILES string of the molecule is CN(N)C(=O)CCOc1cccc2cccnc12. The Bertz CT molecular complexity index is 549. The Balaban J connectivity index is 2.06. The van der Waals surface area contributed by atoms with Crippen LogP contribution in [0.4, 0.5) is 0 Å². The highest BCUT2D eigenvalue weighted by molar-refractivity contribution is 5.84. The van der Waals surface area contributed by atoms with Crippen LogP contribution >= 0.6 is 0 Å². The summed E-state index contributed by atoms with van der Waals surface area (Å²) in [5.74, 6) is 5.84. The number of para-hydroxylation sites is 1. The maximum absolute atomic E-state index is 11.3. The highest BCUT2D eigenvalue weighted by Gasteiger charge is 2.06. The number of rotatable bonds is 4. The number of nitrogens with two attached hydrogens (primary N) is 1. The Morgan fingerprint density at radius 3 is 2.94 bits per heavy atom. The van der Waals surface area contributed by atoms with E-state index in [0.717, 1.165) is 15.9 Å². The third-order valence-electron chi connectivity index (χ3n) is 2.56. The molecule has 2 aromatic rings. The van der Waals surface area contributed by atoms with E-state index < -0.39 is 0 Å². The summed E-state index contributed by atoms with van der Waals surface area (Å²) in [7, 11) is 1.52. The highest BCUT2D eigenvalue weighted by Crippen LogP contribution is 2.22. The van der Waals surface area contributed by atoms with Gasteiger partial charge in [-0.05, 0) is 12.1 Å². The molecule has 0 aliphatic heterocycles. The smallest absolute Gasteiger partial charge is 0.239 e. The molecular weight excluding hydrogens is 230 g/mol. The maximum Gasteiger partial charge on any atom is 0.239 e. The van der Waals surface area contributed by atoms with Crippen molar-refractivity contribution in [2.24, 2.45) is 5.84 Å². The van der Waals surface area contributed by atoms with Gasteiger partial charge in [0.2, 0.25) is 5.91 Å². The number of fused-ring (bicyclic) bond motifs is 1. The Hall–Kier alpha value is -2.14. The first-order valence-corrected chi connectivity index (χ1v) is 5.66. The van der Waals surface area contributed by atoms with E-state index in [9.17, 15) is 4.79 Å². The van der Waals surface area contributed by atoms with Gasteiger partial charge in [0.1, 0.15) is 11.3 Å². The van der Waals surface area contributed by atoms with Crippen LogP contribution in [-0.4, -0.2) is 29.6 Å². The molecule has 0 aliphatic rings. The molecule has 0 spiro atoms. The molecular formula is C13H15N3O2. The molecule has 94 valence electrons. The standard InChI is InChI=1S/C13H15N3O2/c1-16(14)12(17)7-9-18-11-6-2-4-10-5-3-8-15-13(10)11/h2-6,8H,7,9,14H2,1H3. The van der Waals surface area contributed by atoms with E-state index in [2.05, 4.69) is 4.98 Å². The van der Waals surface area contributed by atoms with Crippen molar-refractivity contribution in [3.05, 3.63) is 36.5 Å². The second kappa shape index (κ2) is 5.46. The zero-order chi connectivity index (χ0) is 13.0. The number of amides is 1. The number of aromatic nitrogens is 1. The lowest BCUT2D eigenvalue weighted by Gasteiger charge is -2.11. The van der Waals surface area contributed by atoms with Crippen LogP contribution in [0.3, 0.4) is 0 Å². The molecule has 1 amide bonds. The number of carbonyl (C=O) groups excluding carboxylic acids is 1. The summed E-state index contributed by atoms with van der Waals surface area (Å²) in [4.78, 5) is 15.6. The first-order valence-electron chi connectivity index (χ1n) is 5.66. The van der Waals surface area contributed by atoms with Crippen molar-refractivity contribution >= 4 is 16.8 Å². The van der Waals surface area contributed by atoms with E-state index in [1.165, 1.54) is 7.05 Å². The molecule has 0 saturated carbocycles. The van der Waals surface area contributed by atoms with Gasteiger partial charge in [0, 0.05) is 18.6 Å². The van der Waals surface area contributed by atoms with E-state index in [0.29, 0.717) is 5.75 Å². The molecule has 18 heavy (non-hydrogen) atoms. The fourth-order valence-corrected chi connectivity index (χ4v) is 1.62. The lowest BCUT2D eigenvalue weighted by molar-refractivity contribution is -0.130. The van der Waals surface area contributed by atoms with Crippen molar-refractivity contribution in [1.29, 1.82) is 0 Å². The molecule has 1 aromatic heterocycles. The molecule has 0 bridgehead atoms. The summed E-state index contributed by atoms with van der Waals surface area (Å²) in [6.07, 6.45) is 1.96. The minimum absolute atomic E-state index is 0.164. The molecule has 0 radical (unpaired) electrons. The van der Waals surface area contributed by atoms with Crippen molar-refractivity contribution in [3.63, 3.8) is 0 Å². The summed E-state index contributed by atoms with van der Waals surface area (Å²) in [6.45, 7) is 0.288. The summed E-state index contributed by atoms with van der Waals surface area (Å²) in [5.41, 5.74) is 0.800. The van der Waals surface area contributed by atoms with E-state index in [1.54, 1.807) is 6.20 Å². The van der Waals surface area contributed by atoms with Crippen molar-refractivity contribution in [2.75, 3.05) is 13.7 Å². The fourth-order valence-electron chi connectivity index (χ4n) is 1.62. The van der Waals surface area contributed by atoms with Crippen molar-refractivity contribution in [3.8, 4) is 5.75 Å². The number of hydrogen-bond acceptors (Lipinski definition) is 4. The molecule has 1 heterocycles. The molecule has 0 aliphatic carbocycles. The maximum atomic E-state index is 11.3. The quantitative estimate of drug-likeness (QED) is 0.501. The Morgan fingerprint density at radius 1 is 1.39 bits per heavy atom. The van der Waals surface area contributed by atoms with Crippen LogP contribution < -0.4 is 10.6 Å². The minimum atomic E-state index is -0.164. The number of benzene rings is 1. The molecule has 1 aromatic carbocycles. The first-order chi connectivity index (χ1) is 8.68. The molecule has 5 heteroatoms. The van der Waals surface area contributed by atoms with Crippen LogP contribution in [0, 0.1) is 0 Å². The summed E-state index contributed by atoms with van der Waals surface area (Å²) >= 11 is 0. The fraction of sp³-hybridized carbons (Fsp3) is 0.231. The van der Waals surface area contributed by atoms with E-state index in [-0.39, 0.29) is 18.9 Å². The Morgan fingerprint density at radius 2 is 2.17 bits per heavy atom. The van der Waals surface area contributed by atoms with E-state index >= 15 is 0 Å². The number of hydrazine groups is 1. The van der Waals surface area contributed by atoms with Crippen molar-refractivity contribution in [2.45, 2.75) is 6.42 Å². The molecule has 2 N–H and O–H groups in total. The predicted octanol–water partition coefficient (Wildman–Crippen LogP) is 1.34. The molecule has 5 nitrogen and oxygen atoms in total. The molecule has 0 unspecified atom stereocenters. The molecule has 0 atom stereocenters. The first kappa shape index (κ1) is 12.3. The van der Waals surface area contributed by atoms with E-state index in [4.69, 9.17) is 10.6 Å². The normalized spacial score (nSPS) is 10.3. The van der Waals surface area contributed by atoms with Gasteiger partial charge in [-0.1, -0.05) is 18.2 Å². The largest absolute Gasteiger partial charge is 0.491 e. The molecule has 2 rings (SSSR count). The van der Waals surface area contributed by atoms with Gasteiger partial charge in [-0.25, -0.2) is 5.84 Å². The third kappa shape index (κ3) is 2.75. The van der Waals surface area contributed by atoms with Gasteiger partial charge in [-0.2, -0.15) is 0 Å². The van der Waals surface area contributed by atoms with Crippen LogP contribution in [0.5, 0.6) is 5.75 Å². The van der Waals surface area contributed by atoms with Crippen LogP contribution in [0.15, 0.2) is 36.5 Å². The Labute approximate surface area is 105 Å². The van der Waals surface area contributed by atoms with E-state index in [1.807, 2.05) is 30.3 Å². The second-order valence-corrected chi connectivity index (χ2v) is 3.93. The lowest BCUT2D eigenvalue weighted by Crippen LogP contribution is -2.33. The second-order valence-electron chi connectivity index (χ2n) is 3.93. The van der Waals surface area contributed by atoms with Crippen LogP contribution in [0.1, 0.15) is 6.42 Å². The summed E-state index contributed by atoms with van der Waals surface area (Å²) in [5, 5.41) is 2.07. The number of carbonyl (C=O) groups is 1. The number of hydrogen-bond donors (Lipinski definition) is 1. The van der Waals surface area contributed by atoms with Gasteiger partial charge >= 0.3 is 0 Å². The summed E-state index contributed by atoms with van der Waals surface area (Å²) in [6, 6.07) is 9.54. The van der Waals surface area contributed by atoms with Gasteiger partial charge in [-0.3, -0.25) is 14.8 Å². The number of ether oxygens (including phenoxy) is 1. The zero-order valence-electron chi connectivity index (χ0n) is 10.2. The average molecular weight is 245 g/mol. The lowest BCUT2D eigenvalue weighted by atomic mass is 10.2. The van der Waals surface area contributed by atoms with Crippen LogP contribution in [0.2, 0.25) is 0 Å².